The maximum Gasteiger partial charge on any atom is 0.229 e. The molecule has 1 N–H and O–H groups in total. The number of aromatic nitrogens is 1. The molecule has 0 spiro atoms. The Kier molecular flexibility index (Phi) is 6.63. The highest BCUT2D eigenvalue weighted by Crippen LogP contribution is 2.45. The lowest BCUT2D eigenvalue weighted by Gasteiger charge is -2.27. The van der Waals surface area contributed by atoms with Crippen molar-refractivity contribution >= 4 is 43.8 Å². The van der Waals surface area contributed by atoms with Crippen molar-refractivity contribution in [1.82, 2.24) is 9.88 Å². The third-order valence-electron chi connectivity index (χ3n) is 6.99. The Morgan fingerprint density at radius 3 is 2.62 bits per heavy atom. The maximum atomic E-state index is 13.3. The predicted octanol–water partition coefficient (Wildman–Crippen LogP) is 7.38. The Bertz CT molecular complexity index is 1550. The lowest BCUT2D eigenvalue weighted by molar-refractivity contribution is -0.115. The third-order valence-corrected chi connectivity index (χ3v) is 9.18. The van der Waals surface area contributed by atoms with Gasteiger partial charge in [-0.25, -0.2) is 4.98 Å². The highest BCUT2D eigenvalue weighted by atomic mass is 32.1. The number of thiazole rings is 1. The highest BCUT2D eigenvalue weighted by molar-refractivity contribution is 7.22. The Morgan fingerprint density at radius 2 is 1.81 bits per heavy atom. The average Bonchev–Trinajstić information content (AvgIpc) is 3.46. The molecule has 4 nitrogen and oxygen atoms in total. The first-order chi connectivity index (χ1) is 18.0. The molecule has 0 saturated heterocycles. The van der Waals surface area contributed by atoms with Gasteiger partial charge in [-0.05, 0) is 54.7 Å². The van der Waals surface area contributed by atoms with E-state index in [1.54, 1.807) is 22.7 Å². The van der Waals surface area contributed by atoms with Crippen molar-refractivity contribution in [2.45, 2.75) is 39.8 Å². The zero-order valence-electron chi connectivity index (χ0n) is 21.1. The average molecular weight is 524 g/mol. The van der Waals surface area contributed by atoms with Crippen LogP contribution in [0.3, 0.4) is 0 Å². The molecule has 0 fully saturated rings. The summed E-state index contributed by atoms with van der Waals surface area (Å²) in [4.78, 5) is 22.1. The van der Waals surface area contributed by atoms with Crippen molar-refractivity contribution in [3.63, 3.8) is 0 Å². The van der Waals surface area contributed by atoms with Crippen LogP contribution in [-0.2, 0) is 30.7 Å². The normalized spacial score (nSPS) is 13.6. The number of nitrogens with one attached hydrogen (secondary N) is 1. The quantitative estimate of drug-likeness (QED) is 0.253. The lowest BCUT2D eigenvalue weighted by Crippen LogP contribution is -2.29. The zero-order valence-corrected chi connectivity index (χ0v) is 22.7. The van der Waals surface area contributed by atoms with E-state index in [0.29, 0.717) is 6.42 Å². The number of hydrogen-bond acceptors (Lipinski definition) is 5. The topological polar surface area (TPSA) is 45.2 Å². The fraction of sp³-hybridized carbons (Fsp3) is 0.226. The molecule has 2 aromatic heterocycles. The van der Waals surface area contributed by atoms with Crippen LogP contribution in [0.5, 0.6) is 0 Å². The molecule has 0 saturated carbocycles. The van der Waals surface area contributed by atoms with E-state index in [9.17, 15) is 4.79 Å². The van der Waals surface area contributed by atoms with Crippen molar-refractivity contribution in [3.05, 3.63) is 105 Å². The van der Waals surface area contributed by atoms with Gasteiger partial charge in [0.25, 0.3) is 0 Å². The highest BCUT2D eigenvalue weighted by Gasteiger charge is 2.28. The molecular weight excluding hydrogens is 494 g/mol. The Balaban J connectivity index is 1.32. The number of hydrogen-bond donors (Lipinski definition) is 1. The van der Waals surface area contributed by atoms with E-state index in [2.05, 4.69) is 90.8 Å². The van der Waals surface area contributed by atoms with Gasteiger partial charge in [0.1, 0.15) is 10.0 Å². The van der Waals surface area contributed by atoms with E-state index in [0.717, 1.165) is 58.3 Å². The van der Waals surface area contributed by atoms with Crippen LogP contribution in [0.25, 0.3) is 20.8 Å². The summed E-state index contributed by atoms with van der Waals surface area (Å²) in [6, 6.07) is 25.2. The lowest BCUT2D eigenvalue weighted by atomic mass is 10.0. The number of nitrogens with zero attached hydrogens (tertiary/aromatic N) is 2. The van der Waals surface area contributed by atoms with Crippen LogP contribution in [0.4, 0.5) is 5.00 Å². The van der Waals surface area contributed by atoms with Crippen LogP contribution >= 0.6 is 22.7 Å². The molecule has 1 amide bonds. The fourth-order valence-corrected chi connectivity index (χ4v) is 7.53. The molecule has 5 aromatic rings. The van der Waals surface area contributed by atoms with Crippen molar-refractivity contribution in [3.8, 4) is 10.6 Å². The summed E-state index contributed by atoms with van der Waals surface area (Å²) in [7, 11) is 0. The third kappa shape index (κ3) is 5.10. The van der Waals surface area contributed by atoms with E-state index < -0.39 is 0 Å². The summed E-state index contributed by atoms with van der Waals surface area (Å²) in [6.45, 7) is 6.97. The Labute approximate surface area is 225 Å². The van der Waals surface area contributed by atoms with Gasteiger partial charge in [-0.1, -0.05) is 66.2 Å². The van der Waals surface area contributed by atoms with Crippen LogP contribution in [0.15, 0.2) is 72.8 Å². The first-order valence-electron chi connectivity index (χ1n) is 12.7. The summed E-state index contributed by atoms with van der Waals surface area (Å²) in [6.07, 6.45) is 1.32. The number of carbonyl (C=O) groups excluding carboxylic acids is 1. The number of carbonyl (C=O) groups is 1. The zero-order chi connectivity index (χ0) is 25.4. The van der Waals surface area contributed by atoms with Crippen LogP contribution in [0.2, 0.25) is 0 Å². The van der Waals surface area contributed by atoms with Crippen LogP contribution < -0.4 is 5.32 Å². The number of rotatable bonds is 6. The van der Waals surface area contributed by atoms with E-state index >= 15 is 0 Å². The van der Waals surface area contributed by atoms with Crippen LogP contribution in [-0.4, -0.2) is 22.3 Å². The number of fused-ring (bicyclic) bond motifs is 2. The first-order valence-corrected chi connectivity index (χ1v) is 14.3. The van der Waals surface area contributed by atoms with Crippen molar-refractivity contribution in [2.24, 2.45) is 0 Å². The molecule has 0 aliphatic carbocycles. The minimum Gasteiger partial charge on any atom is -0.317 e. The fourth-order valence-electron chi connectivity index (χ4n) is 5.11. The number of amides is 1. The van der Waals surface area contributed by atoms with Crippen LogP contribution in [0, 0.1) is 13.8 Å². The number of anilines is 1. The monoisotopic (exact) mass is 523 g/mol. The second-order valence-electron chi connectivity index (χ2n) is 9.80. The molecule has 0 atom stereocenters. The maximum absolute atomic E-state index is 13.3. The Hall–Kier alpha value is -3.32. The Morgan fingerprint density at radius 1 is 1.00 bits per heavy atom. The second-order valence-corrected chi connectivity index (χ2v) is 11.9. The molecule has 37 heavy (non-hydrogen) atoms. The first kappa shape index (κ1) is 24.0. The molecule has 0 bridgehead atoms. The molecule has 1 aliphatic rings. The summed E-state index contributed by atoms with van der Waals surface area (Å²) < 4.78 is 1.17. The van der Waals surface area contributed by atoms with E-state index in [1.165, 1.54) is 26.3 Å². The van der Waals surface area contributed by atoms with Crippen molar-refractivity contribution in [1.29, 1.82) is 0 Å². The molecule has 0 radical (unpaired) electrons. The molecule has 6 heteroatoms. The van der Waals surface area contributed by atoms with Gasteiger partial charge in [-0.3, -0.25) is 9.69 Å². The van der Waals surface area contributed by atoms with Gasteiger partial charge in [0.2, 0.25) is 5.91 Å². The summed E-state index contributed by atoms with van der Waals surface area (Å²) in [5, 5.41) is 5.22. The van der Waals surface area contributed by atoms with Gasteiger partial charge in [-0.2, -0.15) is 0 Å². The van der Waals surface area contributed by atoms with E-state index in [4.69, 9.17) is 4.98 Å². The smallest absolute Gasteiger partial charge is 0.229 e. The predicted molar refractivity (Wildman–Crippen MR) is 155 cm³/mol. The van der Waals surface area contributed by atoms with Crippen LogP contribution in [0.1, 0.15) is 32.7 Å². The molecule has 0 unspecified atom stereocenters. The minimum atomic E-state index is 0.0223. The van der Waals surface area contributed by atoms with Gasteiger partial charge in [0.15, 0.2) is 0 Å². The standard InChI is InChI=1S/C31H29N3OS2/c1-20-12-13-23(21(2)16-20)17-28(35)33-31-29(30-32-25-10-6-7-11-26(25)36-30)24-14-15-34(19-27(24)37-31)18-22-8-4-3-5-9-22/h3-13,16H,14-15,17-19H2,1-2H3,(H,33,35). The largest absolute Gasteiger partial charge is 0.317 e. The van der Waals surface area contributed by atoms with E-state index in [-0.39, 0.29) is 5.91 Å². The SMILES string of the molecule is Cc1ccc(CC(=O)Nc2sc3c(c2-c2nc4ccccc4s2)CCN(Cc2ccccc2)C3)c(C)c1. The van der Waals surface area contributed by atoms with Crippen molar-refractivity contribution < 1.29 is 4.79 Å². The van der Waals surface area contributed by atoms with Gasteiger partial charge in [-0.15, -0.1) is 22.7 Å². The summed E-state index contributed by atoms with van der Waals surface area (Å²) in [5.74, 6) is 0.0223. The number of benzene rings is 3. The van der Waals surface area contributed by atoms with Gasteiger partial charge in [0.05, 0.1) is 16.6 Å². The number of aryl methyl sites for hydroxylation is 2. The van der Waals surface area contributed by atoms with Crippen molar-refractivity contribution in [2.75, 3.05) is 11.9 Å². The molecule has 1 aliphatic heterocycles. The summed E-state index contributed by atoms with van der Waals surface area (Å²) in [5.41, 5.74) is 8.24. The number of para-hydroxylation sites is 1. The molecule has 3 aromatic carbocycles. The molecule has 3 heterocycles. The molecular formula is C31H29N3OS2. The second kappa shape index (κ2) is 10.2. The molecule has 6 rings (SSSR count). The van der Waals surface area contributed by atoms with Gasteiger partial charge in [0, 0.05) is 30.1 Å². The minimum absolute atomic E-state index is 0.0223. The van der Waals surface area contributed by atoms with Gasteiger partial charge < -0.3 is 5.32 Å². The molecule has 186 valence electrons. The number of thiophene rings is 1. The summed E-state index contributed by atoms with van der Waals surface area (Å²) >= 11 is 3.43. The van der Waals surface area contributed by atoms with Gasteiger partial charge >= 0.3 is 0 Å². The van der Waals surface area contributed by atoms with E-state index in [1.807, 2.05) is 6.07 Å².